The molecular formula is C14H20FNO2. The van der Waals surface area contributed by atoms with Gasteiger partial charge in [-0.25, -0.2) is 4.39 Å². The second kappa shape index (κ2) is 7.11. The van der Waals surface area contributed by atoms with Crippen LogP contribution in [0.25, 0.3) is 0 Å². The van der Waals surface area contributed by atoms with E-state index in [-0.39, 0.29) is 18.0 Å². The molecule has 1 N–H and O–H groups in total. The molecule has 0 unspecified atom stereocenters. The lowest BCUT2D eigenvalue weighted by molar-refractivity contribution is -0.118. The smallest absolute Gasteiger partial charge is 0.165 e. The van der Waals surface area contributed by atoms with Crippen molar-refractivity contribution in [2.45, 2.75) is 32.7 Å². The third kappa shape index (κ3) is 4.84. The molecule has 1 aromatic rings. The molecule has 18 heavy (non-hydrogen) atoms. The molecule has 100 valence electrons. The number of hydrogen-bond donors (Lipinski definition) is 1. The van der Waals surface area contributed by atoms with Gasteiger partial charge in [-0.15, -0.1) is 0 Å². The highest BCUT2D eigenvalue weighted by Gasteiger charge is 2.07. The summed E-state index contributed by atoms with van der Waals surface area (Å²) in [5.41, 5.74) is 0.683. The van der Waals surface area contributed by atoms with Crippen LogP contribution in [-0.4, -0.2) is 25.5 Å². The second-order valence-electron chi connectivity index (χ2n) is 4.54. The lowest BCUT2D eigenvalue weighted by atomic mass is 10.1. The molecule has 0 aromatic heterocycles. The van der Waals surface area contributed by atoms with Gasteiger partial charge in [0.2, 0.25) is 0 Å². The second-order valence-corrected chi connectivity index (χ2v) is 4.54. The minimum Gasteiger partial charge on any atom is -0.494 e. The fourth-order valence-electron chi connectivity index (χ4n) is 1.64. The number of methoxy groups -OCH3 is 1. The standard InChI is InChI=1S/C14H20FNO2/c1-10(2)16-7-6-12(17)8-11-4-5-14(18-3)13(15)9-11/h4-5,9-10,16H,6-8H2,1-3H3. The molecule has 1 rings (SSSR count). The normalized spacial score (nSPS) is 10.7. The minimum atomic E-state index is -0.428. The van der Waals surface area contributed by atoms with Crippen LogP contribution >= 0.6 is 0 Å². The molecule has 0 saturated carbocycles. The number of ether oxygens (including phenoxy) is 1. The number of carbonyl (C=O) groups is 1. The van der Waals surface area contributed by atoms with Gasteiger partial charge in [0.15, 0.2) is 11.6 Å². The first-order chi connectivity index (χ1) is 8.52. The van der Waals surface area contributed by atoms with E-state index < -0.39 is 5.82 Å². The molecule has 0 bridgehead atoms. The monoisotopic (exact) mass is 253 g/mol. The molecule has 0 fully saturated rings. The first-order valence-electron chi connectivity index (χ1n) is 6.10. The average molecular weight is 253 g/mol. The Kier molecular flexibility index (Phi) is 5.78. The molecule has 0 aliphatic rings. The van der Waals surface area contributed by atoms with Crippen molar-refractivity contribution in [2.24, 2.45) is 0 Å². The molecular weight excluding hydrogens is 233 g/mol. The Balaban J connectivity index is 2.47. The highest BCUT2D eigenvalue weighted by atomic mass is 19.1. The third-order valence-electron chi connectivity index (χ3n) is 2.57. The van der Waals surface area contributed by atoms with Gasteiger partial charge < -0.3 is 10.1 Å². The van der Waals surface area contributed by atoms with Crippen LogP contribution in [0.4, 0.5) is 4.39 Å². The quantitative estimate of drug-likeness (QED) is 0.810. The lowest BCUT2D eigenvalue weighted by Gasteiger charge is -2.08. The molecule has 0 spiro atoms. The summed E-state index contributed by atoms with van der Waals surface area (Å²) in [5.74, 6) is -0.122. The van der Waals surface area contributed by atoms with Crippen molar-refractivity contribution < 1.29 is 13.9 Å². The van der Waals surface area contributed by atoms with E-state index in [0.717, 1.165) is 0 Å². The van der Waals surface area contributed by atoms with E-state index in [2.05, 4.69) is 5.32 Å². The van der Waals surface area contributed by atoms with E-state index in [9.17, 15) is 9.18 Å². The van der Waals surface area contributed by atoms with Crippen molar-refractivity contribution in [2.75, 3.05) is 13.7 Å². The average Bonchev–Trinajstić information content (AvgIpc) is 2.28. The highest BCUT2D eigenvalue weighted by Crippen LogP contribution is 2.18. The fourth-order valence-corrected chi connectivity index (χ4v) is 1.64. The van der Waals surface area contributed by atoms with Gasteiger partial charge in [0.05, 0.1) is 7.11 Å². The maximum Gasteiger partial charge on any atom is 0.165 e. The summed E-state index contributed by atoms with van der Waals surface area (Å²) in [7, 11) is 1.42. The first-order valence-corrected chi connectivity index (χ1v) is 6.10. The Morgan fingerprint density at radius 2 is 2.17 bits per heavy atom. The largest absolute Gasteiger partial charge is 0.494 e. The molecule has 0 aliphatic heterocycles. The Hall–Kier alpha value is -1.42. The third-order valence-corrected chi connectivity index (χ3v) is 2.57. The van der Waals surface area contributed by atoms with Crippen molar-refractivity contribution in [1.29, 1.82) is 0 Å². The molecule has 0 saturated heterocycles. The maximum absolute atomic E-state index is 13.4. The van der Waals surface area contributed by atoms with Gasteiger partial charge in [-0.2, -0.15) is 0 Å². The number of ketones is 1. The lowest BCUT2D eigenvalue weighted by Crippen LogP contribution is -2.25. The number of nitrogens with one attached hydrogen (secondary N) is 1. The van der Waals surface area contributed by atoms with Gasteiger partial charge in [-0.05, 0) is 17.7 Å². The van der Waals surface area contributed by atoms with Gasteiger partial charge >= 0.3 is 0 Å². The molecule has 0 radical (unpaired) electrons. The van der Waals surface area contributed by atoms with E-state index in [1.54, 1.807) is 12.1 Å². The Morgan fingerprint density at radius 3 is 2.72 bits per heavy atom. The highest BCUT2D eigenvalue weighted by molar-refractivity contribution is 5.81. The van der Waals surface area contributed by atoms with Crippen molar-refractivity contribution in [1.82, 2.24) is 5.32 Å². The summed E-state index contributed by atoms with van der Waals surface area (Å²) in [6.45, 7) is 4.72. The van der Waals surface area contributed by atoms with Crippen LogP contribution in [0.15, 0.2) is 18.2 Å². The van der Waals surface area contributed by atoms with Crippen LogP contribution in [0.3, 0.4) is 0 Å². The van der Waals surface area contributed by atoms with Crippen LogP contribution in [0, 0.1) is 5.82 Å². The van der Waals surface area contributed by atoms with E-state index in [1.807, 2.05) is 13.8 Å². The van der Waals surface area contributed by atoms with Crippen LogP contribution in [0.1, 0.15) is 25.8 Å². The van der Waals surface area contributed by atoms with Crippen molar-refractivity contribution in [3.8, 4) is 5.75 Å². The zero-order valence-corrected chi connectivity index (χ0v) is 11.1. The summed E-state index contributed by atoms with van der Waals surface area (Å²) in [6.07, 6.45) is 0.729. The van der Waals surface area contributed by atoms with Crippen molar-refractivity contribution in [3.63, 3.8) is 0 Å². The van der Waals surface area contributed by atoms with Crippen LogP contribution in [0.2, 0.25) is 0 Å². The number of carbonyl (C=O) groups excluding carboxylic acids is 1. The summed E-state index contributed by atoms with van der Waals surface area (Å²) >= 11 is 0. The predicted octanol–water partition coefficient (Wildman–Crippen LogP) is 2.33. The van der Waals surface area contributed by atoms with Gasteiger partial charge in [0, 0.05) is 25.4 Å². The molecule has 0 aliphatic carbocycles. The molecule has 0 heterocycles. The Morgan fingerprint density at radius 1 is 1.44 bits per heavy atom. The summed E-state index contributed by atoms with van der Waals surface area (Å²) < 4.78 is 18.2. The zero-order valence-electron chi connectivity index (χ0n) is 11.1. The summed E-state index contributed by atoms with van der Waals surface area (Å²) in [4.78, 5) is 11.7. The van der Waals surface area contributed by atoms with Crippen molar-refractivity contribution in [3.05, 3.63) is 29.6 Å². The van der Waals surface area contributed by atoms with Crippen molar-refractivity contribution >= 4 is 5.78 Å². The number of benzene rings is 1. The zero-order chi connectivity index (χ0) is 13.5. The number of Topliss-reactive ketones (excluding diaryl/α,β-unsaturated/α-hetero) is 1. The number of rotatable bonds is 7. The van der Waals surface area contributed by atoms with Crippen LogP contribution in [0.5, 0.6) is 5.75 Å². The summed E-state index contributed by atoms with van der Waals surface area (Å²) in [5, 5.41) is 3.18. The topological polar surface area (TPSA) is 38.3 Å². The van der Waals surface area contributed by atoms with Gasteiger partial charge in [0.1, 0.15) is 5.78 Å². The number of halogens is 1. The SMILES string of the molecule is COc1ccc(CC(=O)CCNC(C)C)cc1F. The molecule has 0 amide bonds. The molecule has 3 nitrogen and oxygen atoms in total. The summed E-state index contributed by atoms with van der Waals surface area (Å²) in [6, 6.07) is 4.99. The minimum absolute atomic E-state index is 0.104. The van der Waals surface area contributed by atoms with Gasteiger partial charge in [0.25, 0.3) is 0 Å². The van der Waals surface area contributed by atoms with E-state index >= 15 is 0 Å². The Labute approximate surface area is 107 Å². The van der Waals surface area contributed by atoms with Crippen LogP contribution in [-0.2, 0) is 11.2 Å². The van der Waals surface area contributed by atoms with Crippen LogP contribution < -0.4 is 10.1 Å². The maximum atomic E-state index is 13.4. The number of hydrogen-bond acceptors (Lipinski definition) is 3. The molecule has 4 heteroatoms. The molecule has 0 atom stereocenters. The predicted molar refractivity (Wildman–Crippen MR) is 69.4 cm³/mol. The Bertz CT molecular complexity index is 405. The first kappa shape index (κ1) is 14.6. The van der Waals surface area contributed by atoms with Gasteiger partial charge in [-0.3, -0.25) is 4.79 Å². The van der Waals surface area contributed by atoms with Gasteiger partial charge in [-0.1, -0.05) is 19.9 Å². The fraction of sp³-hybridized carbons (Fsp3) is 0.500. The van der Waals surface area contributed by atoms with E-state index in [0.29, 0.717) is 24.6 Å². The van der Waals surface area contributed by atoms with E-state index in [1.165, 1.54) is 13.2 Å². The van der Waals surface area contributed by atoms with E-state index in [4.69, 9.17) is 4.74 Å². The molecule has 1 aromatic carbocycles.